The molecule has 0 heterocycles. The Balaban J connectivity index is 1.75. The fourth-order valence-electron chi connectivity index (χ4n) is 2.92. The van der Waals surface area contributed by atoms with Crippen LogP contribution in [0.1, 0.15) is 24.0 Å². The number of benzene rings is 2. The normalized spacial score (nSPS) is 13.1. The van der Waals surface area contributed by atoms with Gasteiger partial charge in [0.15, 0.2) is 0 Å². The minimum atomic E-state index is -0.247. The van der Waals surface area contributed by atoms with Crippen molar-refractivity contribution >= 4 is 17.4 Å². The Hall–Kier alpha value is -2.49. The average Bonchev–Trinajstić information content (AvgIpc) is 2.55. The van der Waals surface area contributed by atoms with Crippen LogP contribution < -0.4 is 15.4 Å². The number of urea groups is 1. The van der Waals surface area contributed by atoms with Crippen molar-refractivity contribution in [3.8, 4) is 5.75 Å². The highest BCUT2D eigenvalue weighted by atomic mass is 16.5. The van der Waals surface area contributed by atoms with Gasteiger partial charge in [-0.25, -0.2) is 4.79 Å². The lowest BCUT2D eigenvalue weighted by atomic mass is 9.90. The summed E-state index contributed by atoms with van der Waals surface area (Å²) in [6.45, 7) is 0. The molecule has 114 valence electrons. The van der Waals surface area contributed by atoms with Crippen molar-refractivity contribution in [1.82, 2.24) is 0 Å². The standard InChI is InChI=1S/C18H20N2O2/c1-22-17-12-5-4-10-16(17)20-18(21)19-15-11-6-8-13-7-2-3-9-14(13)15/h4-6,8,10-12H,2-3,7,9H2,1H3,(H2,19,20,21). The first kappa shape index (κ1) is 14.4. The molecule has 1 aliphatic rings. The molecule has 0 atom stereocenters. The maximum Gasteiger partial charge on any atom is 0.323 e. The minimum Gasteiger partial charge on any atom is -0.495 e. The minimum absolute atomic E-state index is 0.247. The Kier molecular flexibility index (Phi) is 4.28. The second kappa shape index (κ2) is 6.52. The number of para-hydroxylation sites is 2. The molecular weight excluding hydrogens is 276 g/mol. The van der Waals surface area contributed by atoms with Gasteiger partial charge in [0, 0.05) is 5.69 Å². The van der Waals surface area contributed by atoms with Gasteiger partial charge in [-0.2, -0.15) is 0 Å². The van der Waals surface area contributed by atoms with E-state index in [2.05, 4.69) is 16.7 Å². The maximum absolute atomic E-state index is 12.3. The van der Waals surface area contributed by atoms with Gasteiger partial charge in [-0.15, -0.1) is 0 Å². The number of ether oxygens (including phenoxy) is 1. The molecule has 0 spiro atoms. The second-order valence-corrected chi connectivity index (χ2v) is 5.43. The van der Waals surface area contributed by atoms with Crippen LogP contribution in [0.3, 0.4) is 0 Å². The van der Waals surface area contributed by atoms with Crippen LogP contribution in [0.25, 0.3) is 0 Å². The number of anilines is 2. The molecule has 0 fully saturated rings. The third kappa shape index (κ3) is 3.06. The van der Waals surface area contributed by atoms with E-state index in [0.717, 1.165) is 18.5 Å². The number of nitrogens with one attached hydrogen (secondary N) is 2. The van der Waals surface area contributed by atoms with Crippen molar-refractivity contribution in [3.05, 3.63) is 53.6 Å². The number of fused-ring (bicyclic) bond motifs is 1. The Morgan fingerprint density at radius 1 is 0.955 bits per heavy atom. The number of rotatable bonds is 3. The first-order valence-electron chi connectivity index (χ1n) is 7.59. The molecule has 3 rings (SSSR count). The third-order valence-corrected chi connectivity index (χ3v) is 4.00. The topological polar surface area (TPSA) is 50.4 Å². The van der Waals surface area contributed by atoms with Crippen molar-refractivity contribution in [1.29, 1.82) is 0 Å². The number of carbonyl (C=O) groups excluding carboxylic acids is 1. The van der Waals surface area contributed by atoms with Crippen molar-refractivity contribution in [2.45, 2.75) is 25.7 Å². The molecule has 0 saturated heterocycles. The quantitative estimate of drug-likeness (QED) is 0.891. The zero-order valence-electron chi connectivity index (χ0n) is 12.7. The van der Waals surface area contributed by atoms with Crippen LogP contribution >= 0.6 is 0 Å². The van der Waals surface area contributed by atoms with Gasteiger partial charge in [0.05, 0.1) is 12.8 Å². The summed E-state index contributed by atoms with van der Waals surface area (Å²) in [5.74, 6) is 0.646. The van der Waals surface area contributed by atoms with Gasteiger partial charge in [-0.3, -0.25) is 0 Å². The van der Waals surface area contributed by atoms with E-state index in [1.54, 1.807) is 7.11 Å². The largest absolute Gasteiger partial charge is 0.495 e. The van der Waals surface area contributed by atoms with Crippen molar-refractivity contribution in [2.24, 2.45) is 0 Å². The predicted molar refractivity (Wildman–Crippen MR) is 88.7 cm³/mol. The molecule has 2 N–H and O–H groups in total. The monoisotopic (exact) mass is 296 g/mol. The lowest BCUT2D eigenvalue weighted by Gasteiger charge is -2.20. The molecule has 2 aromatic carbocycles. The van der Waals surface area contributed by atoms with Gasteiger partial charge in [0.25, 0.3) is 0 Å². The van der Waals surface area contributed by atoms with Gasteiger partial charge in [-0.1, -0.05) is 24.3 Å². The van der Waals surface area contributed by atoms with Crippen LogP contribution in [0.4, 0.5) is 16.2 Å². The van der Waals surface area contributed by atoms with Crippen LogP contribution in [0.15, 0.2) is 42.5 Å². The van der Waals surface area contributed by atoms with E-state index in [-0.39, 0.29) is 6.03 Å². The van der Waals surface area contributed by atoms with Crippen molar-refractivity contribution in [2.75, 3.05) is 17.7 Å². The molecule has 4 heteroatoms. The van der Waals surface area contributed by atoms with Crippen LogP contribution in [-0.4, -0.2) is 13.1 Å². The number of hydrogen-bond donors (Lipinski definition) is 2. The Bertz CT molecular complexity index is 683. The first-order chi connectivity index (χ1) is 10.8. The Morgan fingerprint density at radius 3 is 2.55 bits per heavy atom. The number of aryl methyl sites for hydroxylation is 1. The molecule has 0 aliphatic heterocycles. The number of hydrogen-bond acceptors (Lipinski definition) is 2. The van der Waals surface area contributed by atoms with Crippen LogP contribution in [0, 0.1) is 0 Å². The fraction of sp³-hybridized carbons (Fsp3) is 0.278. The fourth-order valence-corrected chi connectivity index (χ4v) is 2.92. The zero-order chi connectivity index (χ0) is 15.4. The highest BCUT2D eigenvalue weighted by Gasteiger charge is 2.15. The van der Waals surface area contributed by atoms with E-state index in [0.29, 0.717) is 11.4 Å². The molecule has 1 aliphatic carbocycles. The second-order valence-electron chi connectivity index (χ2n) is 5.43. The highest BCUT2D eigenvalue weighted by molar-refractivity contribution is 6.01. The van der Waals surface area contributed by atoms with Crippen LogP contribution in [0.5, 0.6) is 5.75 Å². The molecule has 0 aromatic heterocycles. The van der Waals surface area contributed by atoms with Crippen LogP contribution in [-0.2, 0) is 12.8 Å². The molecule has 2 aromatic rings. The molecule has 2 amide bonds. The van der Waals surface area contributed by atoms with Crippen molar-refractivity contribution < 1.29 is 9.53 Å². The molecule has 0 radical (unpaired) electrons. The third-order valence-electron chi connectivity index (χ3n) is 4.00. The summed E-state index contributed by atoms with van der Waals surface area (Å²) < 4.78 is 5.24. The molecule has 22 heavy (non-hydrogen) atoms. The van der Waals surface area contributed by atoms with Crippen LogP contribution in [0.2, 0.25) is 0 Å². The first-order valence-corrected chi connectivity index (χ1v) is 7.59. The summed E-state index contributed by atoms with van der Waals surface area (Å²) in [5, 5.41) is 5.81. The predicted octanol–water partition coefficient (Wildman–Crippen LogP) is 4.22. The van der Waals surface area contributed by atoms with E-state index < -0.39 is 0 Å². The summed E-state index contributed by atoms with van der Waals surface area (Å²) in [6, 6.07) is 13.2. The van der Waals surface area contributed by atoms with Gasteiger partial charge in [0.2, 0.25) is 0 Å². The van der Waals surface area contributed by atoms with Gasteiger partial charge < -0.3 is 15.4 Å². The molecule has 0 bridgehead atoms. The number of carbonyl (C=O) groups is 1. The Labute approximate surface area is 130 Å². The van der Waals surface area contributed by atoms with Gasteiger partial charge >= 0.3 is 6.03 Å². The van der Waals surface area contributed by atoms with E-state index in [4.69, 9.17) is 4.74 Å². The smallest absolute Gasteiger partial charge is 0.323 e. The lowest BCUT2D eigenvalue weighted by Crippen LogP contribution is -2.21. The van der Waals surface area contributed by atoms with Gasteiger partial charge in [0.1, 0.15) is 5.75 Å². The molecule has 0 saturated carbocycles. The molecule has 0 unspecified atom stereocenters. The van der Waals surface area contributed by atoms with Crippen molar-refractivity contribution in [3.63, 3.8) is 0 Å². The molecule has 4 nitrogen and oxygen atoms in total. The van der Waals surface area contributed by atoms with E-state index >= 15 is 0 Å². The van der Waals surface area contributed by atoms with Gasteiger partial charge in [-0.05, 0) is 55.0 Å². The summed E-state index contributed by atoms with van der Waals surface area (Å²) in [5.41, 5.74) is 4.18. The Morgan fingerprint density at radius 2 is 1.68 bits per heavy atom. The zero-order valence-corrected chi connectivity index (χ0v) is 12.7. The summed E-state index contributed by atoms with van der Waals surface area (Å²) >= 11 is 0. The highest BCUT2D eigenvalue weighted by Crippen LogP contribution is 2.28. The summed E-state index contributed by atoms with van der Waals surface area (Å²) in [6.07, 6.45) is 4.53. The number of methoxy groups -OCH3 is 1. The van der Waals surface area contributed by atoms with E-state index in [1.165, 1.54) is 24.0 Å². The number of amides is 2. The molecular formula is C18H20N2O2. The lowest BCUT2D eigenvalue weighted by molar-refractivity contribution is 0.262. The summed E-state index contributed by atoms with van der Waals surface area (Å²) in [7, 11) is 1.59. The maximum atomic E-state index is 12.3. The SMILES string of the molecule is COc1ccccc1NC(=O)Nc1cccc2c1CCCC2. The average molecular weight is 296 g/mol. The van der Waals surface area contributed by atoms with E-state index in [9.17, 15) is 4.79 Å². The summed E-state index contributed by atoms with van der Waals surface area (Å²) in [4.78, 5) is 12.3. The van der Waals surface area contributed by atoms with E-state index in [1.807, 2.05) is 36.4 Å².